The Bertz CT molecular complexity index is 115. The molecule has 0 spiro atoms. The van der Waals surface area contributed by atoms with E-state index in [2.05, 4.69) is 6.07 Å². The van der Waals surface area contributed by atoms with Gasteiger partial charge in [-0.05, 0) is 6.92 Å². The highest BCUT2D eigenvalue weighted by molar-refractivity contribution is 6.12. The van der Waals surface area contributed by atoms with Crippen molar-refractivity contribution in [3.05, 3.63) is 0 Å². The number of nitrogens with zero attached hydrogens (tertiary/aromatic N) is 1. The van der Waals surface area contributed by atoms with Crippen LogP contribution in [0.3, 0.4) is 0 Å². The molecule has 2 atom stereocenters. The van der Waals surface area contributed by atoms with E-state index in [1.165, 1.54) is 0 Å². The Hall–Kier alpha value is -0.445. The van der Waals surface area contributed by atoms with Gasteiger partial charge in [0.15, 0.2) is 0 Å². The van der Waals surface area contributed by atoms with Crippen molar-refractivity contribution >= 4 is 7.85 Å². The minimum absolute atomic E-state index is 0.0231. The van der Waals surface area contributed by atoms with E-state index in [0.717, 1.165) is 0 Å². The van der Waals surface area contributed by atoms with E-state index in [4.69, 9.17) is 13.1 Å². The van der Waals surface area contributed by atoms with Crippen LogP contribution in [0.25, 0.3) is 0 Å². The third kappa shape index (κ3) is 2.55. The molecule has 2 unspecified atom stereocenters. The summed E-state index contributed by atoms with van der Waals surface area (Å²) in [6, 6.07) is 2.12. The van der Waals surface area contributed by atoms with Crippen LogP contribution in [0.4, 0.5) is 0 Å². The molecule has 0 amide bonds. The Morgan fingerprint density at radius 2 is 1.78 bits per heavy atom. The summed E-state index contributed by atoms with van der Waals surface area (Å²) in [5.74, 6) is 0.402. The van der Waals surface area contributed by atoms with E-state index < -0.39 is 0 Å². The van der Waals surface area contributed by atoms with Gasteiger partial charge in [0.05, 0.1) is 13.9 Å². The maximum absolute atomic E-state index is 8.42. The van der Waals surface area contributed by atoms with Gasteiger partial charge in [0.25, 0.3) is 0 Å². The van der Waals surface area contributed by atoms with Gasteiger partial charge in [-0.15, -0.1) is 0 Å². The summed E-state index contributed by atoms with van der Waals surface area (Å²) in [5, 5.41) is 8.42. The maximum atomic E-state index is 8.42. The topological polar surface area (TPSA) is 23.8 Å². The fraction of sp³-hybridized carbons (Fsp3) is 0.857. The molecule has 0 N–H and O–H groups in total. The van der Waals surface area contributed by atoms with Crippen molar-refractivity contribution in [2.45, 2.75) is 26.6 Å². The number of rotatable bonds is 2. The highest BCUT2D eigenvalue weighted by Gasteiger charge is 2.13. The third-order valence-electron chi connectivity index (χ3n) is 1.55. The first-order valence-electron chi connectivity index (χ1n) is 3.24. The van der Waals surface area contributed by atoms with Crippen LogP contribution >= 0.6 is 0 Å². The van der Waals surface area contributed by atoms with Crippen LogP contribution in [-0.4, -0.2) is 7.85 Å². The quantitative estimate of drug-likeness (QED) is 0.510. The SMILES string of the molecule is [B]C(C(C)C)C(C)C#N. The number of hydrogen-bond acceptors (Lipinski definition) is 1. The van der Waals surface area contributed by atoms with Crippen LogP contribution in [0.1, 0.15) is 20.8 Å². The van der Waals surface area contributed by atoms with Gasteiger partial charge in [0.1, 0.15) is 0 Å². The Labute approximate surface area is 58.5 Å². The normalized spacial score (nSPS) is 16.8. The highest BCUT2D eigenvalue weighted by Crippen LogP contribution is 2.21. The maximum Gasteiger partial charge on any atom is 0.0720 e. The molecule has 0 saturated carbocycles. The average Bonchev–Trinajstić information content (AvgIpc) is 1.84. The first-order valence-corrected chi connectivity index (χ1v) is 3.24. The molecule has 0 fully saturated rings. The summed E-state index contributed by atoms with van der Waals surface area (Å²) >= 11 is 0. The second-order valence-corrected chi connectivity index (χ2v) is 2.74. The van der Waals surface area contributed by atoms with Crippen molar-refractivity contribution in [1.29, 1.82) is 5.26 Å². The van der Waals surface area contributed by atoms with Crippen molar-refractivity contribution in [2.75, 3.05) is 0 Å². The fourth-order valence-corrected chi connectivity index (χ4v) is 0.663. The van der Waals surface area contributed by atoms with E-state index in [-0.39, 0.29) is 11.7 Å². The van der Waals surface area contributed by atoms with E-state index >= 15 is 0 Å². The molecule has 0 heterocycles. The molecule has 9 heavy (non-hydrogen) atoms. The number of hydrogen-bond donors (Lipinski definition) is 0. The lowest BCUT2D eigenvalue weighted by Gasteiger charge is -2.17. The zero-order chi connectivity index (χ0) is 7.44. The van der Waals surface area contributed by atoms with Gasteiger partial charge < -0.3 is 0 Å². The molecule has 2 heteroatoms. The van der Waals surface area contributed by atoms with Crippen LogP contribution in [0.2, 0.25) is 5.82 Å². The van der Waals surface area contributed by atoms with Crippen molar-refractivity contribution in [2.24, 2.45) is 11.8 Å². The van der Waals surface area contributed by atoms with Gasteiger partial charge in [-0.2, -0.15) is 5.26 Å². The molecule has 0 saturated heterocycles. The van der Waals surface area contributed by atoms with Crippen molar-refractivity contribution < 1.29 is 0 Å². The molecule has 48 valence electrons. The molecular weight excluding hydrogens is 109 g/mol. The molecule has 2 radical (unpaired) electrons. The molecule has 0 aromatic heterocycles. The number of nitriles is 1. The summed E-state index contributed by atoms with van der Waals surface area (Å²) < 4.78 is 0. The van der Waals surface area contributed by atoms with Crippen molar-refractivity contribution in [1.82, 2.24) is 0 Å². The average molecular weight is 121 g/mol. The molecule has 0 bridgehead atoms. The zero-order valence-electron chi connectivity index (χ0n) is 6.26. The summed E-state index contributed by atoms with van der Waals surface area (Å²) in [6.45, 7) is 5.90. The van der Waals surface area contributed by atoms with E-state index in [0.29, 0.717) is 5.92 Å². The standard InChI is InChI=1S/C7H12BN/c1-5(2)7(8)6(3)4-9/h5-7H,1-3H3. The Balaban J connectivity index is 3.76. The first kappa shape index (κ1) is 8.55. The van der Waals surface area contributed by atoms with Crippen LogP contribution in [0, 0.1) is 23.2 Å². The summed E-state index contributed by atoms with van der Waals surface area (Å²) in [7, 11) is 5.65. The van der Waals surface area contributed by atoms with Crippen molar-refractivity contribution in [3.63, 3.8) is 0 Å². The molecular formula is C7H12BN. The zero-order valence-corrected chi connectivity index (χ0v) is 6.26. The van der Waals surface area contributed by atoms with Crippen LogP contribution in [-0.2, 0) is 0 Å². The monoisotopic (exact) mass is 121 g/mol. The lowest BCUT2D eigenvalue weighted by atomic mass is 9.71. The minimum Gasteiger partial charge on any atom is -0.198 e. The van der Waals surface area contributed by atoms with Gasteiger partial charge in [0, 0.05) is 5.92 Å². The second kappa shape index (κ2) is 3.56. The molecule has 0 aromatic carbocycles. The van der Waals surface area contributed by atoms with Gasteiger partial charge in [-0.1, -0.05) is 25.6 Å². The van der Waals surface area contributed by atoms with Gasteiger partial charge in [-0.3, -0.25) is 0 Å². The van der Waals surface area contributed by atoms with Gasteiger partial charge >= 0.3 is 0 Å². The summed E-state index contributed by atoms with van der Waals surface area (Å²) in [6.07, 6.45) is 0. The summed E-state index contributed by atoms with van der Waals surface area (Å²) in [4.78, 5) is 0. The Kier molecular flexibility index (Phi) is 3.38. The second-order valence-electron chi connectivity index (χ2n) is 2.74. The van der Waals surface area contributed by atoms with E-state index in [1.54, 1.807) is 0 Å². The lowest BCUT2D eigenvalue weighted by Crippen LogP contribution is -2.09. The van der Waals surface area contributed by atoms with E-state index in [9.17, 15) is 0 Å². The van der Waals surface area contributed by atoms with Gasteiger partial charge in [-0.25, -0.2) is 0 Å². The van der Waals surface area contributed by atoms with E-state index in [1.807, 2.05) is 20.8 Å². The predicted octanol–water partition coefficient (Wildman–Crippen LogP) is 1.76. The first-order chi connectivity index (χ1) is 4.09. The Morgan fingerprint density at radius 1 is 1.33 bits per heavy atom. The third-order valence-corrected chi connectivity index (χ3v) is 1.55. The van der Waals surface area contributed by atoms with Crippen LogP contribution in [0.15, 0.2) is 0 Å². The minimum atomic E-state index is -0.0231. The highest BCUT2D eigenvalue weighted by atomic mass is 14.3. The molecule has 0 aromatic rings. The predicted molar refractivity (Wildman–Crippen MR) is 39.1 cm³/mol. The molecule has 0 rings (SSSR count). The fourth-order valence-electron chi connectivity index (χ4n) is 0.663. The largest absolute Gasteiger partial charge is 0.198 e. The molecule has 0 aliphatic heterocycles. The summed E-state index contributed by atoms with van der Waals surface area (Å²) in [5.41, 5.74) is 0. The van der Waals surface area contributed by atoms with Crippen LogP contribution in [0.5, 0.6) is 0 Å². The Morgan fingerprint density at radius 3 is 1.89 bits per heavy atom. The smallest absolute Gasteiger partial charge is 0.0720 e. The molecule has 1 nitrogen and oxygen atoms in total. The van der Waals surface area contributed by atoms with Crippen LogP contribution < -0.4 is 0 Å². The van der Waals surface area contributed by atoms with Gasteiger partial charge in [0.2, 0.25) is 0 Å². The van der Waals surface area contributed by atoms with Crippen molar-refractivity contribution in [3.8, 4) is 6.07 Å². The molecule has 0 aliphatic carbocycles. The lowest BCUT2D eigenvalue weighted by molar-refractivity contribution is 0.510. The molecule has 0 aliphatic rings.